The summed E-state index contributed by atoms with van der Waals surface area (Å²) in [7, 11) is 1.61. The molecule has 2 aliphatic rings. The van der Waals surface area contributed by atoms with E-state index in [1.165, 1.54) is 16.2 Å². The van der Waals surface area contributed by atoms with E-state index >= 15 is 0 Å². The summed E-state index contributed by atoms with van der Waals surface area (Å²) in [5, 5.41) is 20.6. The lowest BCUT2D eigenvalue weighted by molar-refractivity contribution is -0.131. The third-order valence-electron chi connectivity index (χ3n) is 6.16. The predicted octanol–water partition coefficient (Wildman–Crippen LogP) is 2.95. The molecule has 4 rings (SSSR count). The van der Waals surface area contributed by atoms with Crippen molar-refractivity contribution < 1.29 is 4.79 Å². The Morgan fingerprint density at radius 1 is 1.29 bits per heavy atom. The number of guanidine groups is 1. The molecule has 6 nitrogen and oxygen atoms in total. The van der Waals surface area contributed by atoms with Gasteiger partial charge >= 0.3 is 0 Å². The van der Waals surface area contributed by atoms with Gasteiger partial charge in [-0.1, -0.05) is 24.3 Å². The molecule has 2 fully saturated rings. The van der Waals surface area contributed by atoms with Crippen molar-refractivity contribution in [2.75, 3.05) is 7.05 Å². The maximum absolute atomic E-state index is 13.2. The highest BCUT2D eigenvalue weighted by molar-refractivity contribution is 7.12. The van der Waals surface area contributed by atoms with Crippen molar-refractivity contribution in [1.82, 2.24) is 10.2 Å². The highest BCUT2D eigenvalue weighted by Gasteiger charge is 2.49. The van der Waals surface area contributed by atoms with E-state index in [1.807, 2.05) is 37.3 Å². The van der Waals surface area contributed by atoms with E-state index < -0.39 is 11.5 Å². The van der Waals surface area contributed by atoms with Gasteiger partial charge in [-0.3, -0.25) is 15.1 Å². The van der Waals surface area contributed by atoms with Gasteiger partial charge in [-0.2, -0.15) is 5.26 Å². The second-order valence-electron chi connectivity index (χ2n) is 7.91. The first-order valence-electron chi connectivity index (χ1n) is 9.32. The van der Waals surface area contributed by atoms with Gasteiger partial charge in [0.1, 0.15) is 10.9 Å². The zero-order valence-corrected chi connectivity index (χ0v) is 16.8. The molecule has 0 unspecified atom stereocenters. The molecule has 4 N–H and O–H groups in total. The molecule has 7 heteroatoms. The van der Waals surface area contributed by atoms with E-state index in [0.29, 0.717) is 4.88 Å². The van der Waals surface area contributed by atoms with E-state index in [1.54, 1.807) is 13.1 Å². The van der Waals surface area contributed by atoms with Crippen LogP contribution in [0.5, 0.6) is 0 Å². The third-order valence-corrected chi connectivity index (χ3v) is 7.39. The Kier molecular flexibility index (Phi) is 4.29. The Balaban J connectivity index is 1.77. The molecule has 0 radical (unpaired) electrons. The molecule has 0 bridgehead atoms. The van der Waals surface area contributed by atoms with Crippen LogP contribution in [0.2, 0.25) is 0 Å². The Morgan fingerprint density at radius 2 is 1.96 bits per heavy atom. The number of hydrogen-bond donors (Lipinski definition) is 3. The summed E-state index contributed by atoms with van der Waals surface area (Å²) in [6.45, 7) is 1.92. The predicted molar refractivity (Wildman–Crippen MR) is 109 cm³/mol. The number of hydrogen-bond acceptors (Lipinski definition) is 5. The van der Waals surface area contributed by atoms with E-state index in [0.717, 1.165) is 35.3 Å². The van der Waals surface area contributed by atoms with Gasteiger partial charge in [0.2, 0.25) is 5.91 Å². The molecule has 28 heavy (non-hydrogen) atoms. The van der Waals surface area contributed by atoms with Crippen LogP contribution in [0.3, 0.4) is 0 Å². The van der Waals surface area contributed by atoms with Crippen molar-refractivity contribution in [3.63, 3.8) is 0 Å². The molecule has 1 aromatic carbocycles. The minimum atomic E-state index is -0.807. The number of likely N-dealkylation sites (N-methyl/N-ethyl adjacent to an activating group) is 1. The van der Waals surface area contributed by atoms with Crippen molar-refractivity contribution in [3.05, 3.63) is 57.3 Å². The molecule has 144 valence electrons. The number of nitrogens with zero attached hydrogens (tertiary/aromatic N) is 2. The fourth-order valence-electron chi connectivity index (χ4n) is 4.16. The van der Waals surface area contributed by atoms with Crippen molar-refractivity contribution in [2.45, 2.75) is 43.2 Å². The van der Waals surface area contributed by atoms with Crippen LogP contribution in [-0.2, 0) is 15.9 Å². The number of benzene rings is 1. The van der Waals surface area contributed by atoms with Crippen LogP contribution in [0, 0.1) is 16.7 Å². The maximum Gasteiger partial charge on any atom is 0.239 e. The van der Waals surface area contributed by atoms with E-state index in [9.17, 15) is 10.1 Å². The van der Waals surface area contributed by atoms with Crippen LogP contribution in [0.15, 0.2) is 36.4 Å². The fraction of sp³-hybridized carbons (Fsp3) is 0.381. The smallest absolute Gasteiger partial charge is 0.239 e. The van der Waals surface area contributed by atoms with Gasteiger partial charge in [0.05, 0.1) is 11.5 Å². The molecule has 1 saturated heterocycles. The normalized spacial score (nSPS) is 26.4. The molecular weight excluding hydrogens is 370 g/mol. The van der Waals surface area contributed by atoms with Gasteiger partial charge in [0.25, 0.3) is 0 Å². The zero-order valence-electron chi connectivity index (χ0n) is 16.0. The fourth-order valence-corrected chi connectivity index (χ4v) is 5.10. The number of nitrogens with two attached hydrogens (primary N) is 1. The zero-order chi connectivity index (χ0) is 20.1. The van der Waals surface area contributed by atoms with E-state index in [-0.39, 0.29) is 17.4 Å². The molecule has 1 aliphatic carbocycles. The van der Waals surface area contributed by atoms with Crippen LogP contribution in [-0.4, -0.2) is 23.8 Å². The van der Waals surface area contributed by atoms with Gasteiger partial charge in [0, 0.05) is 17.5 Å². The number of carbonyl (C=O) groups is 1. The number of rotatable bonds is 3. The van der Waals surface area contributed by atoms with Gasteiger partial charge in [-0.15, -0.1) is 11.3 Å². The number of thiophene rings is 1. The first-order valence-corrected chi connectivity index (χ1v) is 10.1. The van der Waals surface area contributed by atoms with Gasteiger partial charge in [-0.25, -0.2) is 0 Å². The molecular formula is C21H23N5OS. The van der Waals surface area contributed by atoms with E-state index in [2.05, 4.69) is 11.4 Å². The number of nitrogens with one attached hydrogen (secondary N) is 2. The Morgan fingerprint density at radius 3 is 2.50 bits per heavy atom. The van der Waals surface area contributed by atoms with Gasteiger partial charge < -0.3 is 11.1 Å². The Hall–Kier alpha value is -2.69. The third kappa shape index (κ3) is 2.72. The summed E-state index contributed by atoms with van der Waals surface area (Å²) >= 11 is 1.35. The van der Waals surface area contributed by atoms with Crippen molar-refractivity contribution in [3.8, 4) is 6.07 Å². The first kappa shape index (κ1) is 18.7. The Bertz CT molecular complexity index is 985. The molecule has 2 aromatic rings. The molecule has 2 heterocycles. The lowest BCUT2D eigenvalue weighted by Gasteiger charge is -2.45. The van der Waals surface area contributed by atoms with Crippen LogP contribution in [0.25, 0.3) is 0 Å². The molecule has 1 aliphatic heterocycles. The summed E-state index contributed by atoms with van der Waals surface area (Å²) in [5.41, 5.74) is 7.36. The van der Waals surface area contributed by atoms with E-state index in [4.69, 9.17) is 11.1 Å². The summed E-state index contributed by atoms with van der Waals surface area (Å²) in [4.78, 5) is 16.0. The highest BCUT2D eigenvalue weighted by Crippen LogP contribution is 2.44. The number of carbonyl (C=O) groups excluding carboxylic acids is 1. The minimum absolute atomic E-state index is 0.0580. The standard InChI is InChI=1S/C21H23N5OS/c1-20(16-9-8-15(12-22)28-16)17(18(27)26(2)19(23)25-20)13-4-6-14(7-5-13)21(24)10-3-11-21/h4-9,17H,3,10-11,24H2,1-2H3,(H2,23,25)/t17-,20+/m0/s1. The average Bonchev–Trinajstić information content (AvgIpc) is 3.15. The largest absolute Gasteiger partial charge is 0.345 e. The average molecular weight is 394 g/mol. The maximum atomic E-state index is 13.2. The SMILES string of the molecule is CN1C(=N)N[C@](C)(c2ccc(C#N)s2)[C@@H](c2ccc(C3(N)CCC3)cc2)C1=O. The Labute approximate surface area is 168 Å². The topological polar surface area (TPSA) is 106 Å². The lowest BCUT2D eigenvalue weighted by Crippen LogP contribution is -2.62. The second-order valence-corrected chi connectivity index (χ2v) is 9.00. The number of nitriles is 1. The second kappa shape index (κ2) is 6.43. The summed E-state index contributed by atoms with van der Waals surface area (Å²) in [6.07, 6.45) is 3.12. The van der Waals surface area contributed by atoms with Crippen molar-refractivity contribution in [2.24, 2.45) is 5.73 Å². The first-order chi connectivity index (χ1) is 13.3. The van der Waals surface area contributed by atoms with Crippen LogP contribution in [0.4, 0.5) is 0 Å². The molecule has 1 aromatic heterocycles. The molecule has 1 saturated carbocycles. The van der Waals surface area contributed by atoms with Crippen LogP contribution < -0.4 is 11.1 Å². The summed E-state index contributed by atoms with van der Waals surface area (Å²) in [6, 6.07) is 13.8. The van der Waals surface area contributed by atoms with Gasteiger partial charge in [-0.05, 0) is 49.4 Å². The lowest BCUT2D eigenvalue weighted by atomic mass is 9.71. The monoisotopic (exact) mass is 393 g/mol. The van der Waals surface area contributed by atoms with Crippen LogP contribution in [0.1, 0.15) is 53.0 Å². The summed E-state index contributed by atoms with van der Waals surface area (Å²) < 4.78 is 0. The quantitative estimate of drug-likeness (QED) is 0.745. The van der Waals surface area contributed by atoms with Crippen molar-refractivity contribution in [1.29, 1.82) is 10.7 Å². The molecule has 1 amide bonds. The molecule has 0 spiro atoms. The van der Waals surface area contributed by atoms with Crippen molar-refractivity contribution >= 4 is 23.2 Å². The number of amides is 1. The van der Waals surface area contributed by atoms with Gasteiger partial charge in [0.15, 0.2) is 5.96 Å². The highest BCUT2D eigenvalue weighted by atomic mass is 32.1. The van der Waals surface area contributed by atoms with Crippen LogP contribution >= 0.6 is 11.3 Å². The minimum Gasteiger partial charge on any atom is -0.345 e. The molecule has 2 atom stereocenters. The summed E-state index contributed by atoms with van der Waals surface area (Å²) in [5.74, 6) is -0.597.